The minimum absolute atomic E-state index is 0. The van der Waals surface area contributed by atoms with Crippen LogP contribution in [-0.4, -0.2) is 78.0 Å². The van der Waals surface area contributed by atoms with Crippen LogP contribution in [0.4, 0.5) is 0 Å². The summed E-state index contributed by atoms with van der Waals surface area (Å²) >= 11 is 5.89. The molecular formula is C40H46Cl2N10O. The maximum atomic E-state index is 10.5. The standard InChI is InChI=1S/C20H21N5.C12H19N3.C8H5ClN2O.ClH/c1-2-5-15(6-3-1)13-24-10-4-7-17(14-24)25-19-16(12-23-25)11-22-20-18(19)8-9-21-20;13-14-12-7-4-8-15(10-12)9-11-5-2-1-3-6-11;9-7-5(4-12)3-11-8-6(7)1-2-10-8;/h1-3,5-6,8-9,11-12,17,23H,4,7,10,13-14H2;1-3,5-6,12,14H,4,7-10,13H2;1-4H,(H,10,11);1H. The Balaban J connectivity index is 0.000000147. The molecular weight excluding hydrogens is 707 g/mol. The number of carbonyl (C=O) groups is 1. The summed E-state index contributed by atoms with van der Waals surface area (Å²) in [7, 11) is 0. The first-order valence-electron chi connectivity index (χ1n) is 17.9. The topological polar surface area (TPSA) is 137 Å². The van der Waals surface area contributed by atoms with E-state index in [4.69, 9.17) is 17.4 Å². The number of likely N-dealkylation sites (tertiary alicyclic amines) is 2. The van der Waals surface area contributed by atoms with Gasteiger partial charge in [0.05, 0.1) is 22.1 Å². The second kappa shape index (κ2) is 18.4. The number of carbonyl (C=O) groups excluding carboxylic acids is 1. The van der Waals surface area contributed by atoms with E-state index in [1.54, 1.807) is 12.3 Å². The third-order valence-corrected chi connectivity index (χ3v) is 10.3. The molecule has 0 amide bonds. The van der Waals surface area contributed by atoms with Gasteiger partial charge in [-0.25, -0.2) is 15.0 Å². The highest BCUT2D eigenvalue weighted by Crippen LogP contribution is 2.30. The van der Waals surface area contributed by atoms with Crippen molar-refractivity contribution in [1.82, 2.24) is 44.9 Å². The van der Waals surface area contributed by atoms with Gasteiger partial charge in [0.1, 0.15) is 5.65 Å². The molecule has 2 fully saturated rings. The number of nitrogens with two attached hydrogens (primary N) is 1. The van der Waals surface area contributed by atoms with Crippen molar-refractivity contribution in [3.05, 3.63) is 125 Å². The fraction of sp³-hybridized carbons (Fsp3) is 0.300. The van der Waals surface area contributed by atoms with Gasteiger partial charge in [0.15, 0.2) is 11.9 Å². The van der Waals surface area contributed by atoms with Crippen LogP contribution in [0, 0.1) is 0 Å². The number of piperidine rings is 2. The van der Waals surface area contributed by atoms with Gasteiger partial charge >= 0.3 is 0 Å². The van der Waals surface area contributed by atoms with Gasteiger partial charge < -0.3 is 10.1 Å². The van der Waals surface area contributed by atoms with Crippen LogP contribution >= 0.6 is 24.0 Å². The van der Waals surface area contributed by atoms with E-state index in [2.05, 4.69) is 118 Å². The average Bonchev–Trinajstić information content (AvgIpc) is 3.97. The number of nitrogens with zero attached hydrogens (tertiary/aromatic N) is 6. The predicted octanol–water partition coefficient (Wildman–Crippen LogP) is 7.31. The molecule has 0 aliphatic carbocycles. The van der Waals surface area contributed by atoms with Gasteiger partial charge in [0, 0.05) is 79.4 Å². The number of H-pyrrole nitrogens is 2. The van der Waals surface area contributed by atoms with Crippen LogP contribution in [0.25, 0.3) is 33.0 Å². The van der Waals surface area contributed by atoms with Crippen LogP contribution in [0.15, 0.2) is 104 Å². The van der Waals surface area contributed by atoms with E-state index in [1.165, 1.54) is 61.6 Å². The van der Waals surface area contributed by atoms with E-state index >= 15 is 0 Å². The number of hydrogen-bond acceptors (Lipinski definition) is 8. The second-order valence-corrected chi connectivity index (χ2v) is 13.9. The molecule has 2 aliphatic rings. The first-order chi connectivity index (χ1) is 25.6. The Hall–Kier alpha value is -4.62. The summed E-state index contributed by atoms with van der Waals surface area (Å²) in [6, 6.07) is 26.1. The lowest BCUT2D eigenvalue weighted by molar-refractivity contribution is 0.112. The summed E-state index contributed by atoms with van der Waals surface area (Å²) in [5, 5.41) is 7.00. The van der Waals surface area contributed by atoms with Crippen LogP contribution in [-0.2, 0) is 13.1 Å². The van der Waals surface area contributed by atoms with Crippen molar-refractivity contribution < 1.29 is 4.79 Å². The molecule has 2 atom stereocenters. The summed E-state index contributed by atoms with van der Waals surface area (Å²) in [6.07, 6.45) is 14.6. The molecule has 276 valence electrons. The quantitative estimate of drug-likeness (QED) is 0.0756. The zero-order valence-electron chi connectivity index (χ0n) is 29.6. The fourth-order valence-corrected chi connectivity index (χ4v) is 7.55. The SMILES string of the molecule is Cl.NNC1CCCN(Cc2ccccc2)C1.O=Cc1cnc2[nH]ccc2c1Cl.c1ccc(CN2CCCC(n3[nH]cc4cnc5nccc5c43)C2)cc1. The molecule has 7 heterocycles. The molecule has 2 aromatic carbocycles. The number of rotatable bonds is 7. The number of benzene rings is 2. The van der Waals surface area contributed by atoms with E-state index in [0.717, 1.165) is 48.0 Å². The predicted molar refractivity (Wildman–Crippen MR) is 215 cm³/mol. The first kappa shape index (κ1) is 38.1. The van der Waals surface area contributed by atoms with E-state index in [1.807, 2.05) is 12.4 Å². The highest BCUT2D eigenvalue weighted by molar-refractivity contribution is 6.37. The maximum Gasteiger partial charge on any atom is 0.161 e. The monoisotopic (exact) mass is 752 g/mol. The molecule has 0 spiro atoms. The van der Waals surface area contributed by atoms with Crippen molar-refractivity contribution in [2.24, 2.45) is 5.84 Å². The van der Waals surface area contributed by atoms with Crippen LogP contribution in [0.2, 0.25) is 5.02 Å². The molecule has 11 nitrogen and oxygen atoms in total. The molecule has 53 heavy (non-hydrogen) atoms. The molecule has 2 unspecified atom stereocenters. The number of halogens is 2. The molecule has 13 heteroatoms. The molecule has 2 saturated heterocycles. The Morgan fingerprint density at radius 2 is 1.55 bits per heavy atom. The zero-order valence-corrected chi connectivity index (χ0v) is 31.1. The van der Waals surface area contributed by atoms with Gasteiger partial charge in [-0.3, -0.25) is 30.5 Å². The number of aromatic nitrogens is 6. The summed E-state index contributed by atoms with van der Waals surface area (Å²) in [5.74, 6) is 5.48. The van der Waals surface area contributed by atoms with E-state index < -0.39 is 0 Å². The third kappa shape index (κ3) is 9.31. The number of fused-ring (bicyclic) bond motifs is 4. The number of pyridine rings is 2. The van der Waals surface area contributed by atoms with Crippen molar-refractivity contribution in [1.29, 1.82) is 0 Å². The smallest absolute Gasteiger partial charge is 0.161 e. The van der Waals surface area contributed by atoms with Crippen LogP contribution in [0.5, 0.6) is 0 Å². The van der Waals surface area contributed by atoms with Crippen molar-refractivity contribution in [2.75, 3.05) is 26.2 Å². The number of aldehydes is 1. The summed E-state index contributed by atoms with van der Waals surface area (Å²) in [4.78, 5) is 31.2. The molecule has 5 aromatic heterocycles. The van der Waals surface area contributed by atoms with Gasteiger partial charge in [-0.05, 0) is 62.0 Å². The van der Waals surface area contributed by atoms with Crippen molar-refractivity contribution in [3.8, 4) is 0 Å². The second-order valence-electron chi connectivity index (χ2n) is 13.5. The number of nitrogens with one attached hydrogen (secondary N) is 3. The number of aromatic amines is 2. The molecule has 0 bridgehead atoms. The van der Waals surface area contributed by atoms with Gasteiger partial charge in [-0.15, -0.1) is 12.4 Å². The minimum Gasteiger partial charge on any atom is -0.346 e. The Morgan fingerprint density at radius 1 is 0.849 bits per heavy atom. The van der Waals surface area contributed by atoms with E-state index in [-0.39, 0.29) is 12.4 Å². The fourth-order valence-electron chi connectivity index (χ4n) is 7.30. The Bertz CT molecular complexity index is 2190. The highest BCUT2D eigenvalue weighted by atomic mass is 35.5. The normalized spacial score (nSPS) is 17.8. The van der Waals surface area contributed by atoms with Crippen LogP contribution in [0.1, 0.15) is 53.2 Å². The van der Waals surface area contributed by atoms with Crippen LogP contribution < -0.4 is 11.3 Å². The molecule has 0 saturated carbocycles. The summed E-state index contributed by atoms with van der Waals surface area (Å²) in [5.41, 5.74) is 8.83. The molecule has 9 rings (SSSR count). The van der Waals surface area contributed by atoms with Crippen molar-refractivity contribution in [3.63, 3.8) is 0 Å². The molecule has 2 aliphatic heterocycles. The first-order valence-corrected chi connectivity index (χ1v) is 18.3. The third-order valence-electron chi connectivity index (χ3n) is 9.89. The summed E-state index contributed by atoms with van der Waals surface area (Å²) in [6.45, 7) is 6.54. The molecule has 5 N–H and O–H groups in total. The number of hydrazine groups is 1. The lowest BCUT2D eigenvalue weighted by Crippen LogP contribution is -2.47. The largest absolute Gasteiger partial charge is 0.346 e. The van der Waals surface area contributed by atoms with Crippen molar-refractivity contribution >= 4 is 63.3 Å². The van der Waals surface area contributed by atoms with Gasteiger partial charge in [0.25, 0.3) is 0 Å². The van der Waals surface area contributed by atoms with Gasteiger partial charge in [-0.1, -0.05) is 72.3 Å². The lowest BCUT2D eigenvalue weighted by atomic mass is 10.0. The van der Waals surface area contributed by atoms with Gasteiger partial charge in [0.2, 0.25) is 0 Å². The highest BCUT2D eigenvalue weighted by Gasteiger charge is 2.24. The molecule has 7 aromatic rings. The van der Waals surface area contributed by atoms with Gasteiger partial charge in [-0.2, -0.15) is 0 Å². The Morgan fingerprint density at radius 3 is 2.25 bits per heavy atom. The van der Waals surface area contributed by atoms with E-state index in [0.29, 0.717) is 34.6 Å². The zero-order chi connectivity index (χ0) is 35.7. The Kier molecular flexibility index (Phi) is 13.2. The maximum absolute atomic E-state index is 10.5. The minimum atomic E-state index is 0. The average molecular weight is 754 g/mol. The lowest BCUT2D eigenvalue weighted by Gasteiger charge is -2.33. The number of hydrogen-bond donors (Lipinski definition) is 4. The summed E-state index contributed by atoms with van der Waals surface area (Å²) < 4.78 is 2.33. The van der Waals surface area contributed by atoms with Crippen molar-refractivity contribution in [2.45, 2.75) is 50.9 Å². The van der Waals surface area contributed by atoms with E-state index in [9.17, 15) is 4.79 Å². The van der Waals surface area contributed by atoms with Crippen LogP contribution in [0.3, 0.4) is 0 Å². The molecule has 0 radical (unpaired) electrons. The Labute approximate surface area is 320 Å².